The van der Waals surface area contributed by atoms with Crippen molar-refractivity contribution in [2.24, 2.45) is 29.1 Å². The number of nitrogens with one attached hydrogen (secondary N) is 3. The molecule has 3 aliphatic rings. The number of carbonyl (C=O) groups excluding carboxylic acids is 5. The summed E-state index contributed by atoms with van der Waals surface area (Å²) < 4.78 is 44.5. The normalized spacial score (nSPS) is 26.1. The Hall–Kier alpha value is -3.06. The number of rotatable bonds is 7. The molecule has 1 unspecified atom stereocenters. The number of hydrogen-bond acceptors (Lipinski definition) is 6. The molecule has 3 N–H and O–H groups in total. The lowest BCUT2D eigenvalue weighted by Crippen LogP contribution is -2.60. The van der Waals surface area contributed by atoms with Gasteiger partial charge < -0.3 is 20.3 Å². The van der Waals surface area contributed by atoms with Gasteiger partial charge in [-0.2, -0.15) is 13.2 Å². The molecule has 3 fully saturated rings. The SMILES string of the molecule is CC(C)CC(NC(=O)C(F)(F)F)C(=O)N1C[C@H]2[C@@H]([C@H]1C(=O)NN(C[C@@H]1CCNC1=O)C(=O)OC(C)(C)C)C2(C)C. The van der Waals surface area contributed by atoms with Gasteiger partial charge in [-0.15, -0.1) is 0 Å². The number of nitrogens with zero attached hydrogens (tertiary/aromatic N) is 2. The van der Waals surface area contributed by atoms with Gasteiger partial charge in [-0.25, -0.2) is 9.80 Å². The molecule has 11 nitrogen and oxygen atoms in total. The third kappa shape index (κ3) is 6.98. The van der Waals surface area contributed by atoms with Crippen molar-refractivity contribution in [3.05, 3.63) is 0 Å². The minimum Gasteiger partial charge on any atom is -0.442 e. The standard InChI is InChI=1S/C26H40F3N5O6/c1-13(2)10-16(31-22(38)26(27,28)29)21(37)33-12-15-17(25(15,6)7)18(33)20(36)32-34(23(39)40-24(3,4)5)11-14-8-9-30-19(14)35/h13-18H,8-12H2,1-7H3,(H,30,35)(H,31,38)(H,32,36)/t14-,15-,16?,17-,18-/m0/s1. The van der Waals surface area contributed by atoms with Crippen molar-refractivity contribution >= 4 is 29.7 Å². The van der Waals surface area contributed by atoms with Crippen LogP contribution >= 0.6 is 0 Å². The minimum absolute atomic E-state index is 0.0644. The van der Waals surface area contributed by atoms with Gasteiger partial charge in [0.05, 0.1) is 12.5 Å². The monoisotopic (exact) mass is 575 g/mol. The number of hydrazine groups is 1. The Morgan fingerprint density at radius 3 is 2.30 bits per heavy atom. The summed E-state index contributed by atoms with van der Waals surface area (Å²) in [6.07, 6.45) is -5.69. The van der Waals surface area contributed by atoms with E-state index >= 15 is 0 Å². The van der Waals surface area contributed by atoms with Crippen LogP contribution in [-0.4, -0.2) is 83.1 Å². The van der Waals surface area contributed by atoms with Crippen molar-refractivity contribution < 1.29 is 41.9 Å². The molecule has 0 radical (unpaired) electrons. The molecule has 1 aliphatic carbocycles. The number of ether oxygens (including phenoxy) is 1. The molecule has 0 bridgehead atoms. The van der Waals surface area contributed by atoms with Crippen molar-refractivity contribution in [3.8, 4) is 0 Å². The maximum atomic E-state index is 13.7. The molecule has 2 heterocycles. The lowest BCUT2D eigenvalue weighted by Gasteiger charge is -2.35. The molecule has 40 heavy (non-hydrogen) atoms. The van der Waals surface area contributed by atoms with E-state index in [2.05, 4.69) is 10.7 Å². The number of piperidine rings is 1. The quantitative estimate of drug-likeness (QED) is 0.397. The Labute approximate surface area is 231 Å². The smallest absolute Gasteiger partial charge is 0.442 e. The number of alkyl halides is 3. The zero-order chi connectivity index (χ0) is 30.4. The van der Waals surface area contributed by atoms with Crippen molar-refractivity contribution in [1.29, 1.82) is 0 Å². The lowest BCUT2D eigenvalue weighted by molar-refractivity contribution is -0.175. The molecule has 2 saturated heterocycles. The fraction of sp³-hybridized carbons (Fsp3) is 0.808. The van der Waals surface area contributed by atoms with E-state index in [9.17, 15) is 37.1 Å². The molecule has 5 amide bonds. The highest BCUT2D eigenvalue weighted by Crippen LogP contribution is 2.65. The Bertz CT molecular complexity index is 1040. The number of hydrogen-bond donors (Lipinski definition) is 3. The Morgan fingerprint density at radius 2 is 1.80 bits per heavy atom. The van der Waals surface area contributed by atoms with Crippen molar-refractivity contribution in [2.45, 2.75) is 85.2 Å². The van der Waals surface area contributed by atoms with Crippen LogP contribution in [-0.2, 0) is 23.9 Å². The van der Waals surface area contributed by atoms with Crippen LogP contribution in [0.2, 0.25) is 0 Å². The van der Waals surface area contributed by atoms with Gasteiger partial charge in [0, 0.05) is 13.1 Å². The third-order valence-corrected chi connectivity index (χ3v) is 7.75. The van der Waals surface area contributed by atoms with Gasteiger partial charge in [-0.05, 0) is 56.8 Å². The zero-order valence-electron chi connectivity index (χ0n) is 24.0. The number of fused-ring (bicyclic) bond motifs is 1. The first-order chi connectivity index (χ1) is 18.2. The summed E-state index contributed by atoms with van der Waals surface area (Å²) >= 11 is 0. The van der Waals surface area contributed by atoms with Gasteiger partial charge in [0.1, 0.15) is 17.7 Å². The second kappa shape index (κ2) is 11.1. The first-order valence-corrected chi connectivity index (χ1v) is 13.5. The highest BCUT2D eigenvalue weighted by molar-refractivity contribution is 5.94. The summed E-state index contributed by atoms with van der Waals surface area (Å²) in [5.74, 6) is -5.26. The maximum absolute atomic E-state index is 13.7. The number of carbonyl (C=O) groups is 5. The van der Waals surface area contributed by atoms with Gasteiger partial charge in [-0.1, -0.05) is 27.7 Å². The van der Waals surface area contributed by atoms with Gasteiger partial charge in [0.15, 0.2) is 0 Å². The molecule has 0 aromatic rings. The fourth-order valence-corrected chi connectivity index (χ4v) is 5.67. The summed E-state index contributed by atoms with van der Waals surface area (Å²) in [7, 11) is 0. The van der Waals surface area contributed by atoms with Crippen LogP contribution in [0.15, 0.2) is 0 Å². The molecule has 5 atom stereocenters. The van der Waals surface area contributed by atoms with Crippen LogP contribution in [0.1, 0.15) is 61.3 Å². The van der Waals surface area contributed by atoms with Crippen molar-refractivity contribution in [1.82, 2.24) is 26.0 Å². The Balaban J connectivity index is 1.86. The molecule has 2 aliphatic heterocycles. The average molecular weight is 576 g/mol. The maximum Gasteiger partial charge on any atom is 0.471 e. The van der Waals surface area contributed by atoms with Crippen LogP contribution in [0.25, 0.3) is 0 Å². The van der Waals surface area contributed by atoms with Gasteiger partial charge in [0.2, 0.25) is 11.8 Å². The topological polar surface area (TPSA) is 137 Å². The largest absolute Gasteiger partial charge is 0.471 e. The van der Waals surface area contributed by atoms with Crippen LogP contribution < -0.4 is 16.1 Å². The van der Waals surface area contributed by atoms with Crippen molar-refractivity contribution in [2.75, 3.05) is 19.6 Å². The molecule has 226 valence electrons. The summed E-state index contributed by atoms with van der Waals surface area (Å²) in [6.45, 7) is 12.6. The molecular formula is C26H40F3N5O6. The molecular weight excluding hydrogens is 535 g/mol. The summed E-state index contributed by atoms with van der Waals surface area (Å²) in [6, 6.07) is -2.60. The van der Waals surface area contributed by atoms with Gasteiger partial charge >= 0.3 is 18.2 Å². The summed E-state index contributed by atoms with van der Waals surface area (Å²) in [4.78, 5) is 65.4. The summed E-state index contributed by atoms with van der Waals surface area (Å²) in [5.41, 5.74) is 1.30. The third-order valence-electron chi connectivity index (χ3n) is 7.75. The van der Waals surface area contributed by atoms with E-state index in [4.69, 9.17) is 4.74 Å². The number of halogens is 3. The average Bonchev–Trinajstić information content (AvgIpc) is 3.15. The lowest BCUT2D eigenvalue weighted by atomic mass is 9.97. The predicted molar refractivity (Wildman–Crippen MR) is 136 cm³/mol. The second-order valence-electron chi connectivity index (χ2n) is 12.9. The van der Waals surface area contributed by atoms with Gasteiger partial charge in [0.25, 0.3) is 5.91 Å². The number of amides is 5. The van der Waals surface area contributed by atoms with E-state index in [-0.39, 0.29) is 48.6 Å². The number of likely N-dealkylation sites (tertiary alicyclic amines) is 1. The molecule has 0 spiro atoms. The van der Waals surface area contributed by atoms with E-state index < -0.39 is 53.6 Å². The second-order valence-corrected chi connectivity index (χ2v) is 12.9. The van der Waals surface area contributed by atoms with Crippen LogP contribution in [0.5, 0.6) is 0 Å². The zero-order valence-corrected chi connectivity index (χ0v) is 24.0. The van der Waals surface area contributed by atoms with E-state index in [1.54, 1.807) is 39.9 Å². The molecule has 0 aromatic carbocycles. The van der Waals surface area contributed by atoms with Crippen LogP contribution in [0.4, 0.5) is 18.0 Å². The van der Waals surface area contributed by atoms with E-state index in [1.807, 2.05) is 13.8 Å². The first-order valence-electron chi connectivity index (χ1n) is 13.5. The highest BCUT2D eigenvalue weighted by atomic mass is 19.4. The van der Waals surface area contributed by atoms with Crippen LogP contribution in [0, 0.1) is 29.1 Å². The molecule has 3 rings (SSSR count). The molecule has 1 saturated carbocycles. The van der Waals surface area contributed by atoms with Crippen LogP contribution in [0.3, 0.4) is 0 Å². The Morgan fingerprint density at radius 1 is 1.18 bits per heavy atom. The van der Waals surface area contributed by atoms with Crippen molar-refractivity contribution in [3.63, 3.8) is 0 Å². The molecule has 14 heteroatoms. The minimum atomic E-state index is -5.18. The van der Waals surface area contributed by atoms with E-state index in [1.165, 1.54) is 4.90 Å². The highest BCUT2D eigenvalue weighted by Gasteiger charge is 2.69. The van der Waals surface area contributed by atoms with Gasteiger partial charge in [-0.3, -0.25) is 24.6 Å². The predicted octanol–water partition coefficient (Wildman–Crippen LogP) is 1.97. The first kappa shape index (κ1) is 31.5. The Kier molecular flexibility index (Phi) is 8.71. The van der Waals surface area contributed by atoms with E-state index in [0.717, 1.165) is 5.01 Å². The van der Waals surface area contributed by atoms with E-state index in [0.29, 0.717) is 13.0 Å². The molecule has 0 aromatic heterocycles. The summed E-state index contributed by atoms with van der Waals surface area (Å²) in [5, 5.41) is 5.39. The fourth-order valence-electron chi connectivity index (χ4n) is 5.67.